The van der Waals surface area contributed by atoms with Crippen molar-refractivity contribution in [3.8, 4) is 5.75 Å². The second-order valence-electron chi connectivity index (χ2n) is 5.16. The van der Waals surface area contributed by atoms with Crippen molar-refractivity contribution in [3.05, 3.63) is 29.8 Å². The summed E-state index contributed by atoms with van der Waals surface area (Å²) in [5.74, 6) is -1.27. The highest BCUT2D eigenvalue weighted by Crippen LogP contribution is 2.29. The van der Waals surface area contributed by atoms with Crippen molar-refractivity contribution in [3.63, 3.8) is 0 Å². The van der Waals surface area contributed by atoms with E-state index < -0.39 is 21.7 Å². The molecular formula is C14H18O5S. The Labute approximate surface area is 118 Å². The number of rotatable bonds is 4. The van der Waals surface area contributed by atoms with Crippen LogP contribution < -0.4 is 4.74 Å². The van der Waals surface area contributed by atoms with Crippen LogP contribution in [0, 0.1) is 11.8 Å². The Kier molecular flexibility index (Phi) is 4.32. The van der Waals surface area contributed by atoms with Gasteiger partial charge in [0.2, 0.25) is 0 Å². The van der Waals surface area contributed by atoms with Crippen LogP contribution in [0.1, 0.15) is 12.0 Å². The Bertz CT molecular complexity index is 593. The molecule has 20 heavy (non-hydrogen) atoms. The predicted molar refractivity (Wildman–Crippen MR) is 74.6 cm³/mol. The van der Waals surface area contributed by atoms with Crippen molar-refractivity contribution < 1.29 is 23.1 Å². The highest BCUT2D eigenvalue weighted by molar-refractivity contribution is 7.91. The minimum atomic E-state index is -3.13. The lowest BCUT2D eigenvalue weighted by Gasteiger charge is -2.28. The molecule has 0 amide bonds. The van der Waals surface area contributed by atoms with Crippen molar-refractivity contribution in [2.45, 2.75) is 12.8 Å². The van der Waals surface area contributed by atoms with Crippen LogP contribution >= 0.6 is 0 Å². The summed E-state index contributed by atoms with van der Waals surface area (Å²) in [7, 11) is -1.57. The Morgan fingerprint density at radius 1 is 1.45 bits per heavy atom. The second-order valence-corrected chi connectivity index (χ2v) is 7.39. The number of benzene rings is 1. The minimum absolute atomic E-state index is 0.0292. The average molecular weight is 298 g/mol. The van der Waals surface area contributed by atoms with E-state index >= 15 is 0 Å². The smallest absolute Gasteiger partial charge is 0.306 e. The number of carboxylic acids is 1. The lowest BCUT2D eigenvalue weighted by Crippen LogP contribution is -2.38. The van der Waals surface area contributed by atoms with E-state index in [9.17, 15) is 18.3 Å². The maximum absolute atomic E-state index is 11.7. The molecule has 1 aliphatic rings. The molecule has 2 unspecified atom stereocenters. The summed E-state index contributed by atoms with van der Waals surface area (Å²) in [6.45, 7) is 0. The van der Waals surface area contributed by atoms with E-state index in [2.05, 4.69) is 0 Å². The largest absolute Gasteiger partial charge is 0.497 e. The molecule has 6 heteroatoms. The zero-order chi connectivity index (χ0) is 14.8. The first-order valence-electron chi connectivity index (χ1n) is 6.47. The summed E-state index contributed by atoms with van der Waals surface area (Å²) < 4.78 is 28.6. The maximum atomic E-state index is 11.7. The molecule has 0 saturated carbocycles. The Morgan fingerprint density at radius 2 is 2.20 bits per heavy atom. The van der Waals surface area contributed by atoms with Gasteiger partial charge in [-0.1, -0.05) is 12.1 Å². The van der Waals surface area contributed by atoms with Gasteiger partial charge in [-0.15, -0.1) is 0 Å². The van der Waals surface area contributed by atoms with Crippen molar-refractivity contribution in [2.24, 2.45) is 11.8 Å². The van der Waals surface area contributed by atoms with Gasteiger partial charge >= 0.3 is 5.97 Å². The number of hydrogen-bond acceptors (Lipinski definition) is 4. The molecule has 2 rings (SSSR count). The molecule has 0 aliphatic carbocycles. The van der Waals surface area contributed by atoms with Gasteiger partial charge in [0.05, 0.1) is 24.5 Å². The van der Waals surface area contributed by atoms with Crippen LogP contribution in [0.4, 0.5) is 0 Å². The average Bonchev–Trinajstić information content (AvgIpc) is 2.37. The first-order chi connectivity index (χ1) is 9.41. The Hall–Kier alpha value is -1.56. The molecule has 5 nitrogen and oxygen atoms in total. The molecule has 1 N–H and O–H groups in total. The maximum Gasteiger partial charge on any atom is 0.306 e. The zero-order valence-electron chi connectivity index (χ0n) is 11.3. The molecule has 1 heterocycles. The number of hydrogen-bond donors (Lipinski definition) is 1. The third-order valence-electron chi connectivity index (χ3n) is 3.73. The molecule has 0 radical (unpaired) electrons. The number of carbonyl (C=O) groups is 1. The summed E-state index contributed by atoms with van der Waals surface area (Å²) in [5.41, 5.74) is 0.901. The molecule has 2 atom stereocenters. The predicted octanol–water partition coefficient (Wildman–Crippen LogP) is 1.37. The number of ether oxygens (including phenoxy) is 1. The third kappa shape index (κ3) is 3.50. The third-order valence-corrected chi connectivity index (χ3v) is 5.52. The molecule has 0 aromatic heterocycles. The van der Waals surface area contributed by atoms with E-state index in [1.54, 1.807) is 13.2 Å². The van der Waals surface area contributed by atoms with Crippen LogP contribution in [-0.2, 0) is 21.1 Å². The molecule has 0 bridgehead atoms. The number of methoxy groups -OCH3 is 1. The minimum Gasteiger partial charge on any atom is -0.497 e. The first-order valence-corrected chi connectivity index (χ1v) is 8.29. The monoisotopic (exact) mass is 298 g/mol. The fourth-order valence-corrected chi connectivity index (χ4v) is 4.48. The second kappa shape index (κ2) is 5.83. The van der Waals surface area contributed by atoms with Gasteiger partial charge in [-0.3, -0.25) is 4.79 Å². The topological polar surface area (TPSA) is 80.7 Å². The van der Waals surface area contributed by atoms with Gasteiger partial charge in [0, 0.05) is 0 Å². The van der Waals surface area contributed by atoms with E-state index in [1.165, 1.54) is 0 Å². The van der Waals surface area contributed by atoms with Gasteiger partial charge in [-0.05, 0) is 36.5 Å². The number of carboxylic acid groups (broad SMARTS) is 1. The van der Waals surface area contributed by atoms with Crippen LogP contribution in [0.5, 0.6) is 5.75 Å². The molecule has 1 aliphatic heterocycles. The fourth-order valence-electron chi connectivity index (χ4n) is 2.70. The molecule has 1 aromatic rings. The Balaban J connectivity index is 2.20. The van der Waals surface area contributed by atoms with Crippen LogP contribution in [-0.4, -0.2) is 38.1 Å². The Morgan fingerprint density at radius 3 is 2.85 bits per heavy atom. The van der Waals surface area contributed by atoms with Crippen LogP contribution in [0.25, 0.3) is 0 Å². The fraction of sp³-hybridized carbons (Fsp3) is 0.500. The highest BCUT2D eigenvalue weighted by atomic mass is 32.2. The van der Waals surface area contributed by atoms with Gasteiger partial charge < -0.3 is 9.84 Å². The van der Waals surface area contributed by atoms with Crippen LogP contribution in [0.2, 0.25) is 0 Å². The molecule has 1 saturated heterocycles. The molecule has 1 fully saturated rings. The van der Waals surface area contributed by atoms with Gasteiger partial charge in [0.25, 0.3) is 0 Å². The molecule has 110 valence electrons. The summed E-state index contributed by atoms with van der Waals surface area (Å²) >= 11 is 0. The molecule has 0 spiro atoms. The van der Waals surface area contributed by atoms with Crippen molar-refractivity contribution in [1.29, 1.82) is 0 Å². The van der Waals surface area contributed by atoms with Gasteiger partial charge in [-0.25, -0.2) is 8.42 Å². The summed E-state index contributed by atoms with van der Waals surface area (Å²) in [6, 6.07) is 7.31. The van der Waals surface area contributed by atoms with E-state index in [0.717, 1.165) is 5.56 Å². The SMILES string of the molecule is COc1cccc(CC2CS(=O)(=O)CCC2C(=O)O)c1. The van der Waals surface area contributed by atoms with Gasteiger partial charge in [0.1, 0.15) is 5.75 Å². The van der Waals surface area contributed by atoms with E-state index in [-0.39, 0.29) is 23.8 Å². The lowest BCUT2D eigenvalue weighted by atomic mass is 9.86. The first kappa shape index (κ1) is 14.8. The van der Waals surface area contributed by atoms with Crippen LogP contribution in [0.3, 0.4) is 0 Å². The zero-order valence-corrected chi connectivity index (χ0v) is 12.1. The molecule has 1 aromatic carbocycles. The van der Waals surface area contributed by atoms with Gasteiger partial charge in [0.15, 0.2) is 9.84 Å². The number of sulfone groups is 1. The van der Waals surface area contributed by atoms with E-state index in [4.69, 9.17) is 4.74 Å². The van der Waals surface area contributed by atoms with E-state index in [1.807, 2.05) is 18.2 Å². The van der Waals surface area contributed by atoms with E-state index in [0.29, 0.717) is 12.2 Å². The van der Waals surface area contributed by atoms with Crippen molar-refractivity contribution in [1.82, 2.24) is 0 Å². The lowest BCUT2D eigenvalue weighted by molar-refractivity contribution is -0.143. The summed E-state index contributed by atoms with van der Waals surface area (Å²) in [5, 5.41) is 9.24. The van der Waals surface area contributed by atoms with Gasteiger partial charge in [-0.2, -0.15) is 0 Å². The van der Waals surface area contributed by atoms with Crippen LogP contribution in [0.15, 0.2) is 24.3 Å². The highest BCUT2D eigenvalue weighted by Gasteiger charge is 2.37. The standard InChI is InChI=1S/C14H18O5S/c1-19-12-4-2-3-10(8-12)7-11-9-20(17,18)6-5-13(11)14(15)16/h2-4,8,11,13H,5-7,9H2,1H3,(H,15,16). The quantitative estimate of drug-likeness (QED) is 0.908. The summed E-state index contributed by atoms with van der Waals surface area (Å²) in [4.78, 5) is 11.3. The van der Waals surface area contributed by atoms with Crippen molar-refractivity contribution in [2.75, 3.05) is 18.6 Å². The molecular weight excluding hydrogens is 280 g/mol. The normalized spacial score (nSPS) is 25.1. The summed E-state index contributed by atoms with van der Waals surface area (Å²) in [6.07, 6.45) is 0.639. The van der Waals surface area contributed by atoms with Crippen molar-refractivity contribution >= 4 is 15.8 Å². The number of aliphatic carboxylic acids is 1.